The number of rotatable bonds is 9. The van der Waals surface area contributed by atoms with Crippen LogP contribution >= 0.6 is 0 Å². The lowest BCUT2D eigenvalue weighted by atomic mass is 9.77. The van der Waals surface area contributed by atoms with Gasteiger partial charge in [-0.25, -0.2) is 0 Å². The first-order valence-corrected chi connectivity index (χ1v) is 6.47. The summed E-state index contributed by atoms with van der Waals surface area (Å²) >= 11 is 0. The van der Waals surface area contributed by atoms with Crippen molar-refractivity contribution in [2.24, 2.45) is 5.41 Å². The number of furan rings is 1. The molecule has 3 heteroatoms. The summed E-state index contributed by atoms with van der Waals surface area (Å²) < 4.78 is 10.2. The van der Waals surface area contributed by atoms with Crippen LogP contribution in [0, 0.1) is 5.41 Å². The van der Waals surface area contributed by atoms with Crippen molar-refractivity contribution < 1.29 is 9.15 Å². The zero-order valence-corrected chi connectivity index (χ0v) is 11.3. The molecule has 0 aliphatic carbocycles. The fraction of sp³-hybridized carbons (Fsp3) is 0.714. The maximum absolute atomic E-state index is 5.15. The minimum atomic E-state index is 0.331. The molecule has 1 rings (SSSR count). The van der Waals surface area contributed by atoms with Crippen molar-refractivity contribution in [1.82, 2.24) is 5.32 Å². The van der Waals surface area contributed by atoms with Crippen LogP contribution in [0.3, 0.4) is 0 Å². The van der Waals surface area contributed by atoms with E-state index in [0.29, 0.717) is 5.41 Å². The topological polar surface area (TPSA) is 34.4 Å². The maximum Gasteiger partial charge on any atom is 0.0934 e. The van der Waals surface area contributed by atoms with Crippen molar-refractivity contribution in [2.45, 2.75) is 33.1 Å². The Balaban J connectivity index is 2.49. The third-order valence-corrected chi connectivity index (χ3v) is 3.64. The molecule has 0 fully saturated rings. The molecule has 0 saturated carbocycles. The minimum absolute atomic E-state index is 0.331. The summed E-state index contributed by atoms with van der Waals surface area (Å²) in [5, 5.41) is 3.49. The van der Waals surface area contributed by atoms with Gasteiger partial charge in [-0.3, -0.25) is 0 Å². The Kier molecular flexibility index (Phi) is 6.30. The van der Waals surface area contributed by atoms with Gasteiger partial charge >= 0.3 is 0 Å². The molecule has 98 valence electrons. The molecular weight excluding hydrogens is 214 g/mol. The van der Waals surface area contributed by atoms with Crippen LogP contribution in [0.15, 0.2) is 23.0 Å². The molecule has 3 nitrogen and oxygen atoms in total. The second-order valence-corrected chi connectivity index (χ2v) is 4.69. The summed E-state index contributed by atoms with van der Waals surface area (Å²) in [7, 11) is 1.74. The highest BCUT2D eigenvalue weighted by Crippen LogP contribution is 2.30. The average Bonchev–Trinajstić information content (AvgIpc) is 2.86. The first-order chi connectivity index (χ1) is 8.26. The van der Waals surface area contributed by atoms with Gasteiger partial charge in [0.2, 0.25) is 0 Å². The van der Waals surface area contributed by atoms with Gasteiger partial charge in [0, 0.05) is 20.2 Å². The quantitative estimate of drug-likeness (QED) is 0.673. The molecule has 17 heavy (non-hydrogen) atoms. The summed E-state index contributed by atoms with van der Waals surface area (Å²) in [5.74, 6) is 0. The first kappa shape index (κ1) is 14.3. The summed E-state index contributed by atoms with van der Waals surface area (Å²) in [4.78, 5) is 0. The molecule has 0 aliphatic heterocycles. The van der Waals surface area contributed by atoms with Gasteiger partial charge in [0.15, 0.2) is 0 Å². The van der Waals surface area contributed by atoms with Gasteiger partial charge < -0.3 is 14.5 Å². The van der Waals surface area contributed by atoms with Crippen molar-refractivity contribution in [3.63, 3.8) is 0 Å². The lowest BCUT2D eigenvalue weighted by Gasteiger charge is -2.31. The fourth-order valence-electron chi connectivity index (χ4n) is 2.17. The molecule has 0 radical (unpaired) electrons. The lowest BCUT2D eigenvalue weighted by molar-refractivity contribution is 0.185. The van der Waals surface area contributed by atoms with Crippen molar-refractivity contribution in [3.8, 4) is 0 Å². The van der Waals surface area contributed by atoms with E-state index in [-0.39, 0.29) is 0 Å². The molecule has 0 amide bonds. The van der Waals surface area contributed by atoms with E-state index in [1.165, 1.54) is 18.4 Å². The Labute approximate surface area is 105 Å². The number of hydrogen-bond acceptors (Lipinski definition) is 3. The summed E-state index contributed by atoms with van der Waals surface area (Å²) in [6.45, 7) is 7.26. The fourth-order valence-corrected chi connectivity index (χ4v) is 2.17. The van der Waals surface area contributed by atoms with Crippen LogP contribution in [0.25, 0.3) is 0 Å². The van der Waals surface area contributed by atoms with E-state index < -0.39 is 0 Å². The van der Waals surface area contributed by atoms with Crippen molar-refractivity contribution in [3.05, 3.63) is 24.2 Å². The largest absolute Gasteiger partial charge is 0.472 e. The van der Waals surface area contributed by atoms with Crippen LogP contribution in [0.2, 0.25) is 0 Å². The van der Waals surface area contributed by atoms with Crippen LogP contribution in [0.5, 0.6) is 0 Å². The second-order valence-electron chi connectivity index (χ2n) is 4.69. The Hall–Kier alpha value is -0.800. The second kappa shape index (κ2) is 7.51. The number of methoxy groups -OCH3 is 1. The molecule has 1 heterocycles. The van der Waals surface area contributed by atoms with Crippen LogP contribution in [0.4, 0.5) is 0 Å². The van der Waals surface area contributed by atoms with Crippen LogP contribution < -0.4 is 5.32 Å². The van der Waals surface area contributed by atoms with Crippen LogP contribution in [0.1, 0.15) is 32.3 Å². The Morgan fingerprint density at radius 3 is 2.65 bits per heavy atom. The first-order valence-electron chi connectivity index (χ1n) is 6.47. The Bertz CT molecular complexity index is 278. The van der Waals surface area contributed by atoms with E-state index in [1.807, 2.05) is 6.26 Å². The zero-order chi connectivity index (χ0) is 12.6. The SMILES string of the molecule is CCC(CC)(CNCCOC)Cc1ccoc1. The minimum Gasteiger partial charge on any atom is -0.472 e. The summed E-state index contributed by atoms with van der Waals surface area (Å²) in [6.07, 6.45) is 7.04. The van der Waals surface area contributed by atoms with E-state index in [4.69, 9.17) is 9.15 Å². The average molecular weight is 239 g/mol. The monoisotopic (exact) mass is 239 g/mol. The van der Waals surface area contributed by atoms with Gasteiger partial charge in [0.25, 0.3) is 0 Å². The molecule has 1 aromatic rings. The molecule has 1 N–H and O–H groups in total. The molecule has 1 aromatic heterocycles. The molecule has 0 unspecified atom stereocenters. The van der Waals surface area contributed by atoms with Crippen LogP contribution in [-0.2, 0) is 11.2 Å². The molecular formula is C14H25NO2. The van der Waals surface area contributed by atoms with E-state index in [1.54, 1.807) is 13.4 Å². The van der Waals surface area contributed by atoms with Crippen molar-refractivity contribution in [2.75, 3.05) is 26.8 Å². The summed E-state index contributed by atoms with van der Waals surface area (Å²) in [5.41, 5.74) is 1.62. The molecule has 0 spiro atoms. The Morgan fingerprint density at radius 1 is 1.35 bits per heavy atom. The van der Waals surface area contributed by atoms with E-state index in [0.717, 1.165) is 26.1 Å². The van der Waals surface area contributed by atoms with Gasteiger partial charge in [-0.1, -0.05) is 13.8 Å². The molecule has 0 aliphatic rings. The highest BCUT2D eigenvalue weighted by Gasteiger charge is 2.26. The summed E-state index contributed by atoms with van der Waals surface area (Å²) in [6, 6.07) is 2.06. The maximum atomic E-state index is 5.15. The number of nitrogens with one attached hydrogen (secondary N) is 1. The normalized spacial score (nSPS) is 11.9. The lowest BCUT2D eigenvalue weighted by Crippen LogP contribution is -2.36. The predicted octanol–water partition coefficient (Wildman–Crippen LogP) is 2.86. The van der Waals surface area contributed by atoms with Crippen molar-refractivity contribution in [1.29, 1.82) is 0 Å². The van der Waals surface area contributed by atoms with Gasteiger partial charge in [-0.2, -0.15) is 0 Å². The highest BCUT2D eigenvalue weighted by molar-refractivity contribution is 5.09. The van der Waals surface area contributed by atoms with E-state index >= 15 is 0 Å². The Morgan fingerprint density at radius 2 is 2.12 bits per heavy atom. The van der Waals surface area contributed by atoms with E-state index in [2.05, 4.69) is 25.2 Å². The smallest absolute Gasteiger partial charge is 0.0934 e. The highest BCUT2D eigenvalue weighted by atomic mass is 16.5. The van der Waals surface area contributed by atoms with Crippen molar-refractivity contribution >= 4 is 0 Å². The van der Waals surface area contributed by atoms with Gasteiger partial charge in [-0.05, 0) is 36.3 Å². The third-order valence-electron chi connectivity index (χ3n) is 3.64. The van der Waals surface area contributed by atoms with Gasteiger partial charge in [0.1, 0.15) is 0 Å². The predicted molar refractivity (Wildman–Crippen MR) is 70.2 cm³/mol. The number of ether oxygens (including phenoxy) is 1. The molecule has 0 atom stereocenters. The van der Waals surface area contributed by atoms with Gasteiger partial charge in [-0.15, -0.1) is 0 Å². The third kappa shape index (κ3) is 4.52. The zero-order valence-electron chi connectivity index (χ0n) is 11.3. The number of hydrogen-bond donors (Lipinski definition) is 1. The standard InChI is InChI=1S/C14H25NO2/c1-4-14(5-2,12-15-7-9-16-3)10-13-6-8-17-11-13/h6,8,11,15H,4-5,7,9-10,12H2,1-3H3. The van der Waals surface area contributed by atoms with E-state index in [9.17, 15) is 0 Å². The molecule has 0 bridgehead atoms. The van der Waals surface area contributed by atoms with Crippen LogP contribution in [-0.4, -0.2) is 26.8 Å². The van der Waals surface area contributed by atoms with Gasteiger partial charge in [0.05, 0.1) is 19.1 Å². The molecule has 0 saturated heterocycles. The molecule has 0 aromatic carbocycles.